The van der Waals surface area contributed by atoms with E-state index in [1.54, 1.807) is 6.92 Å². The van der Waals surface area contributed by atoms with Gasteiger partial charge in [-0.3, -0.25) is 4.79 Å². The number of carbonyl (C=O) groups excluding carboxylic acids is 1. The minimum atomic E-state index is -0.938. The van der Waals surface area contributed by atoms with E-state index >= 15 is 0 Å². The molecular weight excluding hydrogens is 335 g/mol. The summed E-state index contributed by atoms with van der Waals surface area (Å²) in [6, 6.07) is 5.73. The summed E-state index contributed by atoms with van der Waals surface area (Å²) >= 11 is 2.89. The maximum atomic E-state index is 13.5. The molecule has 0 atom stereocenters. The van der Waals surface area contributed by atoms with Crippen LogP contribution in [0.4, 0.5) is 18.9 Å². The second-order valence-corrected chi connectivity index (χ2v) is 5.04. The summed E-state index contributed by atoms with van der Waals surface area (Å²) in [4.78, 5) is 11.9. The molecule has 2 aromatic rings. The van der Waals surface area contributed by atoms with Crippen LogP contribution in [0.3, 0.4) is 0 Å². The number of aryl methyl sites for hydroxylation is 1. The lowest BCUT2D eigenvalue weighted by molar-refractivity contribution is 0.102. The van der Waals surface area contributed by atoms with Crippen LogP contribution in [0, 0.1) is 24.4 Å². The molecule has 0 unspecified atom stereocenters. The van der Waals surface area contributed by atoms with Gasteiger partial charge in [-0.25, -0.2) is 13.2 Å². The van der Waals surface area contributed by atoms with Gasteiger partial charge in [0.05, 0.1) is 15.7 Å². The van der Waals surface area contributed by atoms with Crippen LogP contribution < -0.4 is 5.32 Å². The Morgan fingerprint density at radius 1 is 1.05 bits per heavy atom. The molecule has 104 valence electrons. The molecule has 0 saturated carbocycles. The highest BCUT2D eigenvalue weighted by molar-refractivity contribution is 9.10. The number of halogens is 4. The lowest BCUT2D eigenvalue weighted by Gasteiger charge is -2.09. The van der Waals surface area contributed by atoms with Gasteiger partial charge in [0.2, 0.25) is 0 Å². The third kappa shape index (κ3) is 3.01. The molecule has 1 amide bonds. The fraction of sp³-hybridized carbons (Fsp3) is 0.0714. The van der Waals surface area contributed by atoms with Crippen LogP contribution in [0.1, 0.15) is 15.9 Å². The maximum absolute atomic E-state index is 13.5. The van der Waals surface area contributed by atoms with Gasteiger partial charge >= 0.3 is 0 Å². The van der Waals surface area contributed by atoms with Gasteiger partial charge in [-0.15, -0.1) is 0 Å². The molecule has 0 heterocycles. The van der Waals surface area contributed by atoms with Crippen molar-refractivity contribution >= 4 is 27.5 Å². The van der Waals surface area contributed by atoms with Crippen molar-refractivity contribution in [2.45, 2.75) is 6.92 Å². The van der Waals surface area contributed by atoms with Crippen LogP contribution in [0.2, 0.25) is 0 Å². The molecule has 0 saturated heterocycles. The lowest BCUT2D eigenvalue weighted by atomic mass is 10.1. The smallest absolute Gasteiger partial charge is 0.258 e. The van der Waals surface area contributed by atoms with Crippen molar-refractivity contribution in [2.24, 2.45) is 0 Å². The van der Waals surface area contributed by atoms with Gasteiger partial charge in [0.1, 0.15) is 17.5 Å². The summed E-state index contributed by atoms with van der Waals surface area (Å²) < 4.78 is 40.1. The molecule has 0 aliphatic carbocycles. The fourth-order valence-electron chi connectivity index (χ4n) is 1.62. The van der Waals surface area contributed by atoms with Crippen molar-refractivity contribution < 1.29 is 18.0 Å². The first-order valence-corrected chi connectivity index (χ1v) is 6.40. The Labute approximate surface area is 121 Å². The van der Waals surface area contributed by atoms with E-state index in [9.17, 15) is 18.0 Å². The highest BCUT2D eigenvalue weighted by Crippen LogP contribution is 2.24. The SMILES string of the molecule is Cc1ccc(F)c(C(=O)Nc2cc(Br)c(F)cc2F)c1. The van der Waals surface area contributed by atoms with Crippen LogP contribution >= 0.6 is 15.9 Å². The monoisotopic (exact) mass is 343 g/mol. The van der Waals surface area contributed by atoms with Crippen molar-refractivity contribution in [3.05, 3.63) is 63.4 Å². The maximum Gasteiger partial charge on any atom is 0.258 e. The average Bonchev–Trinajstić information content (AvgIpc) is 2.38. The topological polar surface area (TPSA) is 29.1 Å². The first-order valence-electron chi connectivity index (χ1n) is 5.60. The molecule has 0 aromatic heterocycles. The molecule has 0 fully saturated rings. The van der Waals surface area contributed by atoms with Crippen LogP contribution in [0.5, 0.6) is 0 Å². The summed E-state index contributed by atoms with van der Waals surface area (Å²) in [7, 11) is 0. The highest BCUT2D eigenvalue weighted by Gasteiger charge is 2.15. The van der Waals surface area contributed by atoms with Gasteiger partial charge in [0.25, 0.3) is 5.91 Å². The third-order valence-corrected chi connectivity index (χ3v) is 3.23. The summed E-state index contributed by atoms with van der Waals surface area (Å²) in [5.41, 5.74) is 0.256. The van der Waals surface area contributed by atoms with Gasteiger partial charge in [-0.2, -0.15) is 0 Å². The molecule has 2 aromatic carbocycles. The Kier molecular flexibility index (Phi) is 4.13. The van der Waals surface area contributed by atoms with E-state index in [0.29, 0.717) is 11.6 Å². The quantitative estimate of drug-likeness (QED) is 0.803. The summed E-state index contributed by atoms with van der Waals surface area (Å²) in [5, 5.41) is 2.21. The Hall–Kier alpha value is -1.82. The van der Waals surface area contributed by atoms with Crippen molar-refractivity contribution in [1.82, 2.24) is 0 Å². The zero-order chi connectivity index (χ0) is 14.9. The van der Waals surface area contributed by atoms with Gasteiger partial charge in [0.15, 0.2) is 0 Å². The van der Waals surface area contributed by atoms with Crippen LogP contribution in [0.15, 0.2) is 34.8 Å². The second kappa shape index (κ2) is 5.66. The van der Waals surface area contributed by atoms with Gasteiger partial charge in [0, 0.05) is 6.07 Å². The summed E-state index contributed by atoms with van der Waals surface area (Å²) in [6.07, 6.45) is 0. The minimum absolute atomic E-state index is 0.00101. The molecule has 20 heavy (non-hydrogen) atoms. The average molecular weight is 344 g/mol. The Morgan fingerprint density at radius 3 is 2.45 bits per heavy atom. The molecule has 0 spiro atoms. The lowest BCUT2D eigenvalue weighted by Crippen LogP contribution is -2.15. The molecule has 0 bridgehead atoms. The van der Waals surface area contributed by atoms with Crippen molar-refractivity contribution in [1.29, 1.82) is 0 Å². The van der Waals surface area contributed by atoms with Crippen molar-refractivity contribution in [3.8, 4) is 0 Å². The predicted molar refractivity (Wildman–Crippen MR) is 73.1 cm³/mol. The molecule has 1 N–H and O–H groups in total. The van der Waals surface area contributed by atoms with Crippen molar-refractivity contribution in [2.75, 3.05) is 5.32 Å². The number of hydrogen-bond acceptors (Lipinski definition) is 1. The summed E-state index contributed by atoms with van der Waals surface area (Å²) in [5.74, 6) is -3.24. The van der Waals surface area contributed by atoms with Gasteiger partial charge in [-0.1, -0.05) is 11.6 Å². The Balaban J connectivity index is 2.32. The first-order chi connectivity index (χ1) is 9.38. The molecule has 0 radical (unpaired) electrons. The van der Waals surface area contributed by atoms with Crippen LogP contribution in [-0.2, 0) is 0 Å². The van der Waals surface area contributed by atoms with E-state index in [1.807, 2.05) is 0 Å². The number of rotatable bonds is 2. The molecule has 2 nitrogen and oxygen atoms in total. The highest BCUT2D eigenvalue weighted by atomic mass is 79.9. The largest absolute Gasteiger partial charge is 0.319 e. The van der Waals surface area contributed by atoms with Gasteiger partial charge in [-0.05, 0) is 41.1 Å². The predicted octanol–water partition coefficient (Wildman–Crippen LogP) is 4.43. The standard InChI is InChI=1S/C14H9BrF3NO/c1-7-2-3-10(16)8(4-7)14(20)19-13-5-9(15)11(17)6-12(13)18/h2-6H,1H3,(H,19,20). The number of anilines is 1. The van der Waals surface area contributed by atoms with Gasteiger partial charge < -0.3 is 5.32 Å². The van der Waals surface area contributed by atoms with Crippen LogP contribution in [-0.4, -0.2) is 5.91 Å². The molecular formula is C14H9BrF3NO. The second-order valence-electron chi connectivity index (χ2n) is 4.18. The Morgan fingerprint density at radius 2 is 1.75 bits per heavy atom. The fourth-order valence-corrected chi connectivity index (χ4v) is 1.96. The minimum Gasteiger partial charge on any atom is -0.319 e. The van der Waals surface area contributed by atoms with E-state index in [1.165, 1.54) is 12.1 Å². The molecule has 0 aliphatic heterocycles. The zero-order valence-corrected chi connectivity index (χ0v) is 11.9. The van der Waals surface area contributed by atoms with E-state index in [2.05, 4.69) is 21.2 Å². The number of benzene rings is 2. The molecule has 6 heteroatoms. The number of carbonyl (C=O) groups is 1. The molecule has 2 rings (SSSR count). The zero-order valence-electron chi connectivity index (χ0n) is 10.3. The number of amides is 1. The van der Waals surface area contributed by atoms with E-state index < -0.39 is 23.4 Å². The number of hydrogen-bond donors (Lipinski definition) is 1. The van der Waals surface area contributed by atoms with Crippen molar-refractivity contribution in [3.63, 3.8) is 0 Å². The third-order valence-electron chi connectivity index (χ3n) is 2.62. The van der Waals surface area contributed by atoms with E-state index in [0.717, 1.165) is 12.1 Å². The number of nitrogens with one attached hydrogen (secondary N) is 1. The summed E-state index contributed by atoms with van der Waals surface area (Å²) in [6.45, 7) is 1.70. The van der Waals surface area contributed by atoms with E-state index in [-0.39, 0.29) is 15.7 Å². The Bertz CT molecular complexity index is 688. The molecule has 0 aliphatic rings. The van der Waals surface area contributed by atoms with E-state index in [4.69, 9.17) is 0 Å². The first kappa shape index (κ1) is 14.6. The van der Waals surface area contributed by atoms with Crippen LogP contribution in [0.25, 0.3) is 0 Å². The normalized spacial score (nSPS) is 10.4.